The predicted octanol–water partition coefficient (Wildman–Crippen LogP) is 4.76. The molecule has 2 aromatic rings. The van der Waals surface area contributed by atoms with Crippen LogP contribution in [-0.2, 0) is 0 Å². The summed E-state index contributed by atoms with van der Waals surface area (Å²) in [6.07, 6.45) is 1.05. The molecule has 104 valence electrons. The van der Waals surface area contributed by atoms with E-state index >= 15 is 0 Å². The van der Waals surface area contributed by atoms with E-state index in [1.807, 2.05) is 49.4 Å². The molecule has 2 heteroatoms. The van der Waals surface area contributed by atoms with Crippen molar-refractivity contribution in [3.05, 3.63) is 65.2 Å². The van der Waals surface area contributed by atoms with Crippen LogP contribution in [0.5, 0.6) is 0 Å². The molecular formula is C18H21NO. The van der Waals surface area contributed by atoms with E-state index in [-0.39, 0.29) is 5.91 Å². The zero-order chi connectivity index (χ0) is 14.5. The van der Waals surface area contributed by atoms with Gasteiger partial charge >= 0.3 is 0 Å². The monoisotopic (exact) mass is 267 g/mol. The second-order valence-electron chi connectivity index (χ2n) is 5.22. The molecule has 2 aromatic carbocycles. The first-order chi connectivity index (χ1) is 9.61. The number of carbonyl (C=O) groups excluding carboxylic acids is 1. The summed E-state index contributed by atoms with van der Waals surface area (Å²) >= 11 is 0. The van der Waals surface area contributed by atoms with Crippen LogP contribution in [-0.4, -0.2) is 5.91 Å². The number of hydrogen-bond donors (Lipinski definition) is 1. The Morgan fingerprint density at radius 3 is 2.60 bits per heavy atom. The van der Waals surface area contributed by atoms with E-state index in [9.17, 15) is 4.79 Å². The summed E-state index contributed by atoms with van der Waals surface area (Å²) < 4.78 is 0. The van der Waals surface area contributed by atoms with Crippen molar-refractivity contribution in [2.24, 2.45) is 0 Å². The zero-order valence-corrected chi connectivity index (χ0v) is 12.3. The highest BCUT2D eigenvalue weighted by atomic mass is 16.1. The smallest absolute Gasteiger partial charge is 0.255 e. The van der Waals surface area contributed by atoms with Gasteiger partial charge in [0.1, 0.15) is 0 Å². The number of amides is 1. The Labute approximate surface area is 120 Å². The minimum Gasteiger partial charge on any atom is -0.322 e. The normalized spacial score (nSPS) is 11.9. The molecule has 0 spiro atoms. The number of aryl methyl sites for hydroxylation is 1. The third-order valence-corrected chi connectivity index (χ3v) is 3.63. The summed E-state index contributed by atoms with van der Waals surface area (Å²) in [6, 6.07) is 15.7. The highest BCUT2D eigenvalue weighted by molar-refractivity contribution is 6.04. The van der Waals surface area contributed by atoms with Gasteiger partial charge in [-0.1, -0.05) is 49.7 Å². The van der Waals surface area contributed by atoms with E-state index in [1.165, 1.54) is 5.56 Å². The molecule has 2 nitrogen and oxygen atoms in total. The molecule has 1 atom stereocenters. The van der Waals surface area contributed by atoms with Gasteiger partial charge in [-0.3, -0.25) is 4.79 Å². The lowest BCUT2D eigenvalue weighted by Gasteiger charge is -2.15. The second kappa shape index (κ2) is 6.38. The zero-order valence-electron chi connectivity index (χ0n) is 12.3. The third kappa shape index (κ3) is 3.27. The van der Waals surface area contributed by atoms with Gasteiger partial charge in [0.25, 0.3) is 5.91 Å². The van der Waals surface area contributed by atoms with Crippen LogP contribution in [0.15, 0.2) is 48.5 Å². The minimum atomic E-state index is -0.0514. The molecule has 20 heavy (non-hydrogen) atoms. The van der Waals surface area contributed by atoms with E-state index in [1.54, 1.807) is 0 Å². The van der Waals surface area contributed by atoms with Gasteiger partial charge < -0.3 is 5.32 Å². The van der Waals surface area contributed by atoms with E-state index in [4.69, 9.17) is 0 Å². The first-order valence-corrected chi connectivity index (χ1v) is 7.08. The molecule has 1 amide bonds. The van der Waals surface area contributed by atoms with Gasteiger partial charge in [-0.15, -0.1) is 0 Å². The fourth-order valence-corrected chi connectivity index (χ4v) is 2.24. The molecule has 0 aliphatic rings. The van der Waals surface area contributed by atoms with Gasteiger partial charge in [0.2, 0.25) is 0 Å². The van der Waals surface area contributed by atoms with Crippen LogP contribution >= 0.6 is 0 Å². The Hall–Kier alpha value is -2.09. The van der Waals surface area contributed by atoms with Gasteiger partial charge in [0.05, 0.1) is 0 Å². The van der Waals surface area contributed by atoms with Crippen LogP contribution in [0.25, 0.3) is 0 Å². The number of anilines is 1. The third-order valence-electron chi connectivity index (χ3n) is 3.63. The quantitative estimate of drug-likeness (QED) is 0.850. The van der Waals surface area contributed by atoms with Crippen molar-refractivity contribution in [3.63, 3.8) is 0 Å². The standard InChI is InChI=1S/C18H21NO/c1-4-14(3)16-10-5-6-11-17(16)19-18(20)15-9-7-8-13(2)12-15/h5-12,14H,4H2,1-3H3,(H,19,20)/t14-/m0/s1. The van der Waals surface area contributed by atoms with Crippen molar-refractivity contribution >= 4 is 11.6 Å². The number of carbonyl (C=O) groups is 1. The average Bonchev–Trinajstić information content (AvgIpc) is 2.47. The summed E-state index contributed by atoms with van der Waals surface area (Å²) in [5, 5.41) is 3.03. The highest BCUT2D eigenvalue weighted by Crippen LogP contribution is 2.26. The van der Waals surface area contributed by atoms with Crippen molar-refractivity contribution in [3.8, 4) is 0 Å². The largest absolute Gasteiger partial charge is 0.322 e. The maximum atomic E-state index is 12.3. The molecule has 0 heterocycles. The van der Waals surface area contributed by atoms with Gasteiger partial charge in [-0.2, -0.15) is 0 Å². The average molecular weight is 267 g/mol. The van der Waals surface area contributed by atoms with E-state index in [2.05, 4.69) is 25.2 Å². The van der Waals surface area contributed by atoms with Crippen LogP contribution in [0.4, 0.5) is 5.69 Å². The predicted molar refractivity (Wildman–Crippen MR) is 84.3 cm³/mol. The first-order valence-electron chi connectivity index (χ1n) is 7.08. The summed E-state index contributed by atoms with van der Waals surface area (Å²) in [6.45, 7) is 6.32. The van der Waals surface area contributed by atoms with Crippen molar-refractivity contribution in [1.82, 2.24) is 0 Å². The van der Waals surface area contributed by atoms with E-state index < -0.39 is 0 Å². The number of para-hydroxylation sites is 1. The Morgan fingerprint density at radius 2 is 1.90 bits per heavy atom. The Bertz CT molecular complexity index is 604. The maximum absolute atomic E-state index is 12.3. The summed E-state index contributed by atoms with van der Waals surface area (Å²) in [5.74, 6) is 0.383. The van der Waals surface area contributed by atoms with Crippen LogP contribution in [0.3, 0.4) is 0 Å². The number of hydrogen-bond acceptors (Lipinski definition) is 1. The fourth-order valence-electron chi connectivity index (χ4n) is 2.24. The first kappa shape index (κ1) is 14.3. The van der Waals surface area contributed by atoms with Gasteiger partial charge in [-0.05, 0) is 43.0 Å². The fraction of sp³-hybridized carbons (Fsp3) is 0.278. The molecule has 0 aliphatic heterocycles. The van der Waals surface area contributed by atoms with Gasteiger partial charge in [-0.25, -0.2) is 0 Å². The topological polar surface area (TPSA) is 29.1 Å². The van der Waals surface area contributed by atoms with Gasteiger partial charge in [0.15, 0.2) is 0 Å². The molecule has 0 saturated heterocycles. The molecule has 2 rings (SSSR count). The van der Waals surface area contributed by atoms with Gasteiger partial charge in [0, 0.05) is 11.3 Å². The highest BCUT2D eigenvalue weighted by Gasteiger charge is 2.12. The molecule has 0 saturated carbocycles. The lowest BCUT2D eigenvalue weighted by Crippen LogP contribution is -2.14. The lowest BCUT2D eigenvalue weighted by molar-refractivity contribution is 0.102. The minimum absolute atomic E-state index is 0.0514. The Balaban J connectivity index is 2.24. The number of benzene rings is 2. The van der Waals surface area contributed by atoms with Crippen molar-refractivity contribution in [2.75, 3.05) is 5.32 Å². The Morgan fingerprint density at radius 1 is 1.15 bits per heavy atom. The molecule has 0 unspecified atom stereocenters. The summed E-state index contributed by atoms with van der Waals surface area (Å²) in [7, 11) is 0. The van der Waals surface area contributed by atoms with Crippen LogP contribution < -0.4 is 5.32 Å². The SMILES string of the molecule is CC[C@H](C)c1ccccc1NC(=O)c1cccc(C)c1. The molecule has 1 N–H and O–H groups in total. The summed E-state index contributed by atoms with van der Waals surface area (Å²) in [5.41, 5.74) is 3.89. The van der Waals surface area contributed by atoms with Crippen LogP contribution in [0.2, 0.25) is 0 Å². The van der Waals surface area contributed by atoms with E-state index in [0.717, 1.165) is 17.7 Å². The molecule has 0 aromatic heterocycles. The summed E-state index contributed by atoms with van der Waals surface area (Å²) in [4.78, 5) is 12.3. The Kier molecular flexibility index (Phi) is 4.57. The number of rotatable bonds is 4. The van der Waals surface area contributed by atoms with Crippen molar-refractivity contribution in [2.45, 2.75) is 33.1 Å². The van der Waals surface area contributed by atoms with Crippen molar-refractivity contribution < 1.29 is 4.79 Å². The molecule has 0 bridgehead atoms. The molecule has 0 aliphatic carbocycles. The molecule has 0 radical (unpaired) electrons. The number of nitrogens with one attached hydrogen (secondary N) is 1. The van der Waals surface area contributed by atoms with Crippen LogP contribution in [0.1, 0.15) is 47.7 Å². The van der Waals surface area contributed by atoms with E-state index in [0.29, 0.717) is 11.5 Å². The van der Waals surface area contributed by atoms with Crippen LogP contribution in [0, 0.1) is 6.92 Å². The lowest BCUT2D eigenvalue weighted by atomic mass is 9.96. The maximum Gasteiger partial charge on any atom is 0.255 e. The molecular weight excluding hydrogens is 246 g/mol. The van der Waals surface area contributed by atoms with Crippen molar-refractivity contribution in [1.29, 1.82) is 0 Å². The molecule has 0 fully saturated rings. The second-order valence-corrected chi connectivity index (χ2v) is 5.22.